The zero-order chi connectivity index (χ0) is 18.3. The highest BCUT2D eigenvalue weighted by Gasteiger charge is 2.20. The monoisotopic (exact) mass is 369 g/mol. The van der Waals surface area contributed by atoms with Crippen molar-refractivity contribution in [2.75, 3.05) is 13.2 Å². The van der Waals surface area contributed by atoms with Crippen LogP contribution in [0.25, 0.3) is 0 Å². The van der Waals surface area contributed by atoms with Gasteiger partial charge in [-0.25, -0.2) is 13.1 Å². The summed E-state index contributed by atoms with van der Waals surface area (Å²) in [6.45, 7) is 3.21. The Morgan fingerprint density at radius 2 is 2.08 bits per heavy atom. The summed E-state index contributed by atoms with van der Waals surface area (Å²) in [7, 11) is -3.55. The van der Waals surface area contributed by atoms with Crippen LogP contribution in [0.2, 0.25) is 0 Å². The van der Waals surface area contributed by atoms with Gasteiger partial charge in [-0.3, -0.25) is 4.79 Å². The number of sulfonamides is 1. The Morgan fingerprint density at radius 1 is 1.36 bits per heavy atom. The SMILES string of the molecule is CC(N)CCC(=O)NCc1ccc(S(=O)(=O)NCC2CCCO2)cc1. The number of nitrogens with one attached hydrogen (secondary N) is 2. The standard InChI is InChI=1S/C17H27N3O4S/c1-13(18)4-9-17(21)19-11-14-5-7-16(8-6-14)25(22,23)20-12-15-3-2-10-24-15/h5-8,13,15,20H,2-4,9-12,18H2,1H3,(H,19,21). The fraction of sp³-hybridized carbons (Fsp3) is 0.588. The van der Waals surface area contributed by atoms with E-state index in [1.807, 2.05) is 6.92 Å². The lowest BCUT2D eigenvalue weighted by Gasteiger charge is -2.12. The van der Waals surface area contributed by atoms with Gasteiger partial charge in [-0.1, -0.05) is 12.1 Å². The topological polar surface area (TPSA) is 111 Å². The van der Waals surface area contributed by atoms with E-state index in [2.05, 4.69) is 10.0 Å². The molecule has 0 aliphatic carbocycles. The van der Waals surface area contributed by atoms with E-state index < -0.39 is 10.0 Å². The van der Waals surface area contributed by atoms with Crippen LogP contribution < -0.4 is 15.8 Å². The lowest BCUT2D eigenvalue weighted by molar-refractivity contribution is -0.121. The maximum absolute atomic E-state index is 12.3. The average Bonchev–Trinajstić information content (AvgIpc) is 3.10. The molecule has 1 amide bonds. The Hall–Kier alpha value is -1.48. The van der Waals surface area contributed by atoms with Gasteiger partial charge in [0, 0.05) is 32.2 Å². The Kier molecular flexibility index (Phi) is 7.37. The molecular formula is C17H27N3O4S. The summed E-state index contributed by atoms with van der Waals surface area (Å²) < 4.78 is 32.5. The quantitative estimate of drug-likeness (QED) is 0.599. The smallest absolute Gasteiger partial charge is 0.240 e. The number of hydrogen-bond acceptors (Lipinski definition) is 5. The molecule has 7 nitrogen and oxygen atoms in total. The number of carbonyl (C=O) groups excluding carboxylic acids is 1. The van der Waals surface area contributed by atoms with E-state index in [-0.39, 0.29) is 22.9 Å². The fourth-order valence-corrected chi connectivity index (χ4v) is 3.59. The van der Waals surface area contributed by atoms with Crippen molar-refractivity contribution < 1.29 is 17.9 Å². The van der Waals surface area contributed by atoms with Crippen molar-refractivity contribution in [1.82, 2.24) is 10.0 Å². The third-order valence-electron chi connectivity index (χ3n) is 4.08. The molecule has 25 heavy (non-hydrogen) atoms. The second-order valence-electron chi connectivity index (χ2n) is 6.42. The van der Waals surface area contributed by atoms with E-state index in [4.69, 9.17) is 10.5 Å². The zero-order valence-corrected chi connectivity index (χ0v) is 15.3. The zero-order valence-electron chi connectivity index (χ0n) is 14.5. The Balaban J connectivity index is 1.82. The van der Waals surface area contributed by atoms with Crippen LogP contribution in [0, 0.1) is 0 Å². The third-order valence-corrected chi connectivity index (χ3v) is 5.51. The highest BCUT2D eigenvalue weighted by atomic mass is 32.2. The molecule has 0 spiro atoms. The highest BCUT2D eigenvalue weighted by molar-refractivity contribution is 7.89. The molecule has 1 fully saturated rings. The molecule has 0 radical (unpaired) electrons. The van der Waals surface area contributed by atoms with Crippen molar-refractivity contribution in [2.24, 2.45) is 5.73 Å². The lowest BCUT2D eigenvalue weighted by atomic mass is 10.2. The Morgan fingerprint density at radius 3 is 2.68 bits per heavy atom. The highest BCUT2D eigenvalue weighted by Crippen LogP contribution is 2.14. The molecule has 1 heterocycles. The summed E-state index contributed by atoms with van der Waals surface area (Å²) in [4.78, 5) is 11.9. The molecular weight excluding hydrogens is 342 g/mol. The molecule has 8 heteroatoms. The van der Waals surface area contributed by atoms with Gasteiger partial charge in [0.05, 0.1) is 11.0 Å². The van der Waals surface area contributed by atoms with E-state index in [1.54, 1.807) is 24.3 Å². The predicted octanol–water partition coefficient (Wildman–Crippen LogP) is 0.888. The van der Waals surface area contributed by atoms with Crippen LogP contribution in [0.5, 0.6) is 0 Å². The number of hydrogen-bond donors (Lipinski definition) is 3. The van der Waals surface area contributed by atoms with Gasteiger partial charge < -0.3 is 15.8 Å². The van der Waals surface area contributed by atoms with Crippen molar-refractivity contribution in [2.45, 2.75) is 56.2 Å². The fourth-order valence-electron chi connectivity index (χ4n) is 2.53. The molecule has 4 N–H and O–H groups in total. The first-order chi connectivity index (χ1) is 11.9. The van der Waals surface area contributed by atoms with E-state index in [9.17, 15) is 13.2 Å². The number of nitrogens with two attached hydrogens (primary N) is 1. The van der Waals surface area contributed by atoms with Gasteiger partial charge in [-0.15, -0.1) is 0 Å². The van der Waals surface area contributed by atoms with Crippen LogP contribution in [0.15, 0.2) is 29.2 Å². The maximum Gasteiger partial charge on any atom is 0.240 e. The summed E-state index contributed by atoms with van der Waals surface area (Å²) >= 11 is 0. The summed E-state index contributed by atoms with van der Waals surface area (Å²) in [5, 5.41) is 2.80. The van der Waals surface area contributed by atoms with Crippen LogP contribution in [0.4, 0.5) is 0 Å². The molecule has 2 atom stereocenters. The van der Waals surface area contributed by atoms with Crippen molar-refractivity contribution in [3.63, 3.8) is 0 Å². The van der Waals surface area contributed by atoms with Crippen LogP contribution >= 0.6 is 0 Å². The van der Waals surface area contributed by atoms with Gasteiger partial charge in [-0.05, 0) is 43.9 Å². The van der Waals surface area contributed by atoms with Gasteiger partial charge in [0.1, 0.15) is 0 Å². The molecule has 1 aromatic rings. The summed E-state index contributed by atoms with van der Waals surface area (Å²) in [5.41, 5.74) is 6.46. The van der Waals surface area contributed by atoms with Crippen molar-refractivity contribution in [3.05, 3.63) is 29.8 Å². The number of rotatable bonds is 9. The summed E-state index contributed by atoms with van der Waals surface area (Å²) in [5.74, 6) is -0.0628. The summed E-state index contributed by atoms with van der Waals surface area (Å²) in [6.07, 6.45) is 2.83. The first-order valence-electron chi connectivity index (χ1n) is 8.59. The van der Waals surface area contributed by atoms with Crippen LogP contribution in [-0.2, 0) is 26.1 Å². The minimum Gasteiger partial charge on any atom is -0.377 e. The molecule has 2 unspecified atom stereocenters. The summed E-state index contributed by atoms with van der Waals surface area (Å²) in [6, 6.07) is 6.49. The second kappa shape index (κ2) is 9.28. The van der Waals surface area contributed by atoms with Crippen LogP contribution in [-0.4, -0.2) is 39.6 Å². The molecule has 140 valence electrons. The van der Waals surface area contributed by atoms with E-state index >= 15 is 0 Å². The van der Waals surface area contributed by atoms with Gasteiger partial charge in [0.25, 0.3) is 0 Å². The molecule has 1 saturated heterocycles. The molecule has 1 aliphatic rings. The van der Waals surface area contributed by atoms with Gasteiger partial charge in [-0.2, -0.15) is 0 Å². The minimum atomic E-state index is -3.55. The van der Waals surface area contributed by atoms with E-state index in [0.717, 1.165) is 18.4 Å². The minimum absolute atomic E-state index is 0.00243. The molecule has 0 aromatic heterocycles. The van der Waals surface area contributed by atoms with Crippen molar-refractivity contribution in [1.29, 1.82) is 0 Å². The van der Waals surface area contributed by atoms with Crippen LogP contribution in [0.3, 0.4) is 0 Å². The van der Waals surface area contributed by atoms with E-state index in [0.29, 0.717) is 32.5 Å². The van der Waals surface area contributed by atoms with Gasteiger partial charge >= 0.3 is 0 Å². The number of carbonyl (C=O) groups is 1. The predicted molar refractivity (Wildman–Crippen MR) is 95.3 cm³/mol. The molecule has 2 rings (SSSR count). The van der Waals surface area contributed by atoms with Gasteiger partial charge in [0.2, 0.25) is 15.9 Å². The van der Waals surface area contributed by atoms with Gasteiger partial charge in [0.15, 0.2) is 0 Å². The van der Waals surface area contributed by atoms with Crippen molar-refractivity contribution in [3.8, 4) is 0 Å². The molecule has 0 saturated carbocycles. The average molecular weight is 369 g/mol. The largest absolute Gasteiger partial charge is 0.377 e. The Labute approximate surface area is 149 Å². The Bertz CT molecular complexity index is 653. The lowest BCUT2D eigenvalue weighted by Crippen LogP contribution is -2.31. The maximum atomic E-state index is 12.3. The first-order valence-corrected chi connectivity index (χ1v) is 10.1. The normalized spacial score (nSPS) is 18.9. The van der Waals surface area contributed by atoms with E-state index in [1.165, 1.54) is 0 Å². The molecule has 1 aliphatic heterocycles. The molecule has 1 aromatic carbocycles. The third kappa shape index (κ3) is 6.74. The first kappa shape index (κ1) is 19.8. The molecule has 0 bridgehead atoms. The number of amides is 1. The number of benzene rings is 1. The van der Waals surface area contributed by atoms with Crippen molar-refractivity contribution >= 4 is 15.9 Å². The number of ether oxygens (including phenoxy) is 1. The second-order valence-corrected chi connectivity index (χ2v) is 8.19. The van der Waals surface area contributed by atoms with Crippen LogP contribution in [0.1, 0.15) is 38.2 Å².